The molecule has 0 aliphatic carbocycles. The van der Waals surface area contributed by atoms with Crippen molar-refractivity contribution in [2.24, 2.45) is 0 Å². The van der Waals surface area contributed by atoms with E-state index in [-0.39, 0.29) is 12.1 Å². The minimum Gasteiger partial charge on any atom is -0.490 e. The molecule has 1 heterocycles. The number of para-hydroxylation sites is 1. The van der Waals surface area contributed by atoms with E-state index in [1.165, 1.54) is 18.4 Å². The van der Waals surface area contributed by atoms with Crippen LogP contribution in [0.25, 0.3) is 0 Å². The Morgan fingerprint density at radius 3 is 2.94 bits per heavy atom. The molecule has 0 fully saturated rings. The number of fused-ring (bicyclic) bond motifs is 1. The molecule has 0 saturated carbocycles. The first-order valence-corrected chi connectivity index (χ1v) is 6.87. The van der Waals surface area contributed by atoms with Crippen molar-refractivity contribution >= 4 is 0 Å². The Hall–Kier alpha value is -1.06. The predicted octanol–water partition coefficient (Wildman–Crippen LogP) is 2.91. The summed E-state index contributed by atoms with van der Waals surface area (Å²) in [6.07, 6.45) is 3.70. The van der Waals surface area contributed by atoms with Gasteiger partial charge in [0, 0.05) is 12.2 Å². The number of hydrogen-bond acceptors (Lipinski definition) is 3. The number of unbranched alkanes of at least 4 members (excludes halogenated alkanes) is 2. The van der Waals surface area contributed by atoms with Crippen LogP contribution in [0.5, 0.6) is 5.75 Å². The summed E-state index contributed by atoms with van der Waals surface area (Å²) >= 11 is 0. The Bertz CT molecular complexity index is 367. The normalized spacial score (nSPS) is 22.3. The van der Waals surface area contributed by atoms with Gasteiger partial charge < -0.3 is 14.8 Å². The lowest BCUT2D eigenvalue weighted by atomic mass is 9.98. The third kappa shape index (κ3) is 3.03. The van der Waals surface area contributed by atoms with Crippen molar-refractivity contribution in [1.82, 2.24) is 5.32 Å². The van der Waals surface area contributed by atoms with Crippen LogP contribution in [0.4, 0.5) is 0 Å². The number of rotatable bonds is 6. The van der Waals surface area contributed by atoms with Crippen molar-refractivity contribution in [3.05, 3.63) is 29.8 Å². The van der Waals surface area contributed by atoms with E-state index in [4.69, 9.17) is 9.47 Å². The van der Waals surface area contributed by atoms with Gasteiger partial charge in [0.1, 0.15) is 18.5 Å². The van der Waals surface area contributed by atoms with E-state index in [2.05, 4.69) is 18.3 Å². The minimum atomic E-state index is 0.113. The van der Waals surface area contributed by atoms with Gasteiger partial charge in [-0.2, -0.15) is 0 Å². The first-order chi connectivity index (χ1) is 8.86. The summed E-state index contributed by atoms with van der Waals surface area (Å²) in [5.74, 6) is 0.977. The minimum absolute atomic E-state index is 0.113. The molecule has 0 radical (unpaired) electrons. The van der Waals surface area contributed by atoms with Crippen LogP contribution in [-0.2, 0) is 4.74 Å². The third-order valence-corrected chi connectivity index (χ3v) is 3.42. The topological polar surface area (TPSA) is 30.5 Å². The van der Waals surface area contributed by atoms with Crippen LogP contribution in [0, 0.1) is 0 Å². The Kier molecular flexibility index (Phi) is 5.02. The van der Waals surface area contributed by atoms with E-state index in [9.17, 15) is 0 Å². The Balaban J connectivity index is 1.97. The molecular weight excluding hydrogens is 226 g/mol. The number of ether oxygens (including phenoxy) is 2. The molecule has 3 nitrogen and oxygen atoms in total. The molecule has 0 bridgehead atoms. The van der Waals surface area contributed by atoms with Crippen molar-refractivity contribution in [2.75, 3.05) is 20.3 Å². The number of benzene rings is 1. The molecule has 100 valence electrons. The van der Waals surface area contributed by atoms with Crippen LogP contribution in [0.2, 0.25) is 0 Å². The largest absolute Gasteiger partial charge is 0.490 e. The van der Waals surface area contributed by atoms with Crippen LogP contribution in [0.3, 0.4) is 0 Å². The van der Waals surface area contributed by atoms with Gasteiger partial charge in [0.05, 0.1) is 6.04 Å². The second-order valence-corrected chi connectivity index (χ2v) is 4.73. The van der Waals surface area contributed by atoms with E-state index in [0.29, 0.717) is 6.61 Å². The molecule has 2 rings (SSSR count). The van der Waals surface area contributed by atoms with E-state index in [0.717, 1.165) is 18.8 Å². The maximum absolute atomic E-state index is 5.96. The van der Waals surface area contributed by atoms with E-state index in [1.54, 1.807) is 0 Å². The fourth-order valence-corrected chi connectivity index (χ4v) is 2.41. The summed E-state index contributed by atoms with van der Waals surface area (Å²) in [6, 6.07) is 8.42. The highest BCUT2D eigenvalue weighted by molar-refractivity contribution is 5.38. The number of nitrogens with one attached hydrogen (secondary N) is 1. The van der Waals surface area contributed by atoms with Crippen molar-refractivity contribution < 1.29 is 9.47 Å². The molecule has 0 saturated heterocycles. The molecule has 1 aliphatic heterocycles. The van der Waals surface area contributed by atoms with E-state index >= 15 is 0 Å². The Labute approximate surface area is 109 Å². The molecule has 1 aromatic rings. The quantitative estimate of drug-likeness (QED) is 0.786. The summed E-state index contributed by atoms with van der Waals surface area (Å²) in [6.45, 7) is 3.66. The van der Waals surface area contributed by atoms with Gasteiger partial charge in [-0.1, -0.05) is 38.0 Å². The molecule has 3 heteroatoms. The molecule has 0 spiro atoms. The molecule has 2 atom stereocenters. The van der Waals surface area contributed by atoms with E-state index in [1.807, 2.05) is 25.2 Å². The zero-order valence-corrected chi connectivity index (χ0v) is 11.3. The standard InChI is InChI=1S/C15H23NO2/c1-3-4-7-10-17-14-11-18-13-9-6-5-8-12(13)15(14)16-2/h5-6,8-9,14-16H,3-4,7,10-11H2,1-2H3. The van der Waals surface area contributed by atoms with Crippen LogP contribution < -0.4 is 10.1 Å². The van der Waals surface area contributed by atoms with Gasteiger partial charge in [-0.3, -0.25) is 0 Å². The van der Waals surface area contributed by atoms with Gasteiger partial charge in [0.25, 0.3) is 0 Å². The van der Waals surface area contributed by atoms with E-state index < -0.39 is 0 Å². The summed E-state index contributed by atoms with van der Waals surface area (Å²) in [4.78, 5) is 0. The van der Waals surface area contributed by atoms with Gasteiger partial charge in [0.15, 0.2) is 0 Å². The fourth-order valence-electron chi connectivity index (χ4n) is 2.41. The summed E-state index contributed by atoms with van der Waals surface area (Å²) in [5, 5.41) is 3.35. The fraction of sp³-hybridized carbons (Fsp3) is 0.600. The first-order valence-electron chi connectivity index (χ1n) is 6.87. The molecule has 2 unspecified atom stereocenters. The highest BCUT2D eigenvalue weighted by Gasteiger charge is 2.30. The Morgan fingerprint density at radius 1 is 1.33 bits per heavy atom. The zero-order chi connectivity index (χ0) is 12.8. The average molecular weight is 249 g/mol. The zero-order valence-electron chi connectivity index (χ0n) is 11.3. The van der Waals surface area contributed by atoms with Crippen LogP contribution in [0.1, 0.15) is 37.8 Å². The maximum atomic E-state index is 5.96. The average Bonchev–Trinajstić information content (AvgIpc) is 2.43. The van der Waals surface area contributed by atoms with Crippen molar-refractivity contribution in [3.63, 3.8) is 0 Å². The SMILES string of the molecule is CCCCCOC1COc2ccccc2C1NC. The Morgan fingerprint density at radius 2 is 2.17 bits per heavy atom. The lowest BCUT2D eigenvalue weighted by molar-refractivity contribution is -0.0152. The highest BCUT2D eigenvalue weighted by atomic mass is 16.5. The van der Waals surface area contributed by atoms with Crippen molar-refractivity contribution in [1.29, 1.82) is 0 Å². The van der Waals surface area contributed by atoms with Gasteiger partial charge in [0.2, 0.25) is 0 Å². The number of likely N-dealkylation sites (N-methyl/N-ethyl adjacent to an activating group) is 1. The second kappa shape index (κ2) is 6.76. The smallest absolute Gasteiger partial charge is 0.124 e. The number of hydrogen-bond donors (Lipinski definition) is 1. The molecule has 1 N–H and O–H groups in total. The molecule has 1 aliphatic rings. The third-order valence-electron chi connectivity index (χ3n) is 3.42. The van der Waals surface area contributed by atoms with Gasteiger partial charge in [-0.25, -0.2) is 0 Å². The lowest BCUT2D eigenvalue weighted by Crippen LogP contribution is -2.39. The van der Waals surface area contributed by atoms with Gasteiger partial charge >= 0.3 is 0 Å². The second-order valence-electron chi connectivity index (χ2n) is 4.73. The summed E-state index contributed by atoms with van der Waals surface area (Å²) in [7, 11) is 1.98. The van der Waals surface area contributed by atoms with Crippen LogP contribution in [-0.4, -0.2) is 26.4 Å². The molecule has 0 amide bonds. The van der Waals surface area contributed by atoms with Gasteiger partial charge in [-0.05, 0) is 19.5 Å². The predicted molar refractivity (Wildman–Crippen MR) is 73.0 cm³/mol. The highest BCUT2D eigenvalue weighted by Crippen LogP contribution is 2.32. The molecule has 18 heavy (non-hydrogen) atoms. The van der Waals surface area contributed by atoms with Crippen molar-refractivity contribution in [2.45, 2.75) is 38.3 Å². The molecule has 1 aromatic carbocycles. The van der Waals surface area contributed by atoms with Crippen molar-refractivity contribution in [3.8, 4) is 5.75 Å². The van der Waals surface area contributed by atoms with Crippen LogP contribution >= 0.6 is 0 Å². The summed E-state index contributed by atoms with van der Waals surface area (Å²) < 4.78 is 11.7. The first kappa shape index (κ1) is 13.4. The summed E-state index contributed by atoms with van der Waals surface area (Å²) in [5.41, 5.74) is 1.20. The molecular formula is C15H23NO2. The monoisotopic (exact) mass is 249 g/mol. The van der Waals surface area contributed by atoms with Crippen LogP contribution in [0.15, 0.2) is 24.3 Å². The lowest BCUT2D eigenvalue weighted by Gasteiger charge is -2.33. The molecule has 0 aromatic heterocycles. The van der Waals surface area contributed by atoms with Gasteiger partial charge in [-0.15, -0.1) is 0 Å². The maximum Gasteiger partial charge on any atom is 0.124 e.